The van der Waals surface area contributed by atoms with Crippen LogP contribution in [0.25, 0.3) is 0 Å². The van der Waals surface area contributed by atoms with E-state index in [9.17, 15) is 9.59 Å². The van der Waals surface area contributed by atoms with E-state index in [-0.39, 0.29) is 18.0 Å². The third-order valence-electron chi connectivity index (χ3n) is 3.59. The summed E-state index contributed by atoms with van der Waals surface area (Å²) in [6.45, 7) is 2.71. The van der Waals surface area contributed by atoms with Gasteiger partial charge in [0.25, 0.3) is 5.91 Å². The maximum absolute atomic E-state index is 12.1. The summed E-state index contributed by atoms with van der Waals surface area (Å²) in [5.74, 6) is -0.856. The molecular formula is C12H19N3O4. The Kier molecular flexibility index (Phi) is 4.04. The summed E-state index contributed by atoms with van der Waals surface area (Å²) in [5.41, 5.74) is -0.0904. The summed E-state index contributed by atoms with van der Waals surface area (Å²) >= 11 is 0. The first-order chi connectivity index (χ1) is 8.97. The smallest absolute Gasteiger partial charge is 0.353 e. The van der Waals surface area contributed by atoms with Gasteiger partial charge >= 0.3 is 5.97 Å². The van der Waals surface area contributed by atoms with Gasteiger partial charge in [-0.05, 0) is 25.9 Å². The van der Waals surface area contributed by atoms with Crippen molar-refractivity contribution in [2.45, 2.75) is 18.9 Å². The number of hydrogen-bond acceptors (Lipinski definition) is 5. The van der Waals surface area contributed by atoms with Crippen molar-refractivity contribution in [3.8, 4) is 0 Å². The van der Waals surface area contributed by atoms with Gasteiger partial charge in [0.1, 0.15) is 0 Å². The van der Waals surface area contributed by atoms with Crippen LogP contribution in [-0.2, 0) is 14.4 Å². The number of likely N-dealkylation sites (N-methyl/N-ethyl adjacent to an activating group) is 1. The molecule has 0 aromatic carbocycles. The highest BCUT2D eigenvalue weighted by molar-refractivity contribution is 6.36. The van der Waals surface area contributed by atoms with Gasteiger partial charge in [0.2, 0.25) is 6.10 Å². The molecule has 2 aliphatic rings. The third kappa shape index (κ3) is 3.23. The minimum Gasteiger partial charge on any atom is -0.477 e. The van der Waals surface area contributed by atoms with Crippen molar-refractivity contribution >= 4 is 17.6 Å². The fraction of sp³-hybridized carbons (Fsp3) is 0.750. The Balaban J connectivity index is 1.82. The lowest BCUT2D eigenvalue weighted by molar-refractivity contribution is -0.141. The number of carboxylic acid groups (broad SMARTS) is 1. The molecule has 0 aromatic rings. The van der Waals surface area contributed by atoms with Gasteiger partial charge in [-0.15, -0.1) is 0 Å². The zero-order chi connectivity index (χ0) is 14.0. The second-order valence-electron chi connectivity index (χ2n) is 5.28. The fourth-order valence-electron chi connectivity index (χ4n) is 2.53. The summed E-state index contributed by atoms with van der Waals surface area (Å²) in [6, 6.07) is 0. The number of likely N-dealkylation sites (tertiary alicyclic amines) is 1. The molecule has 2 heterocycles. The molecule has 0 bridgehead atoms. The molecule has 1 N–H and O–H groups in total. The van der Waals surface area contributed by atoms with E-state index in [0.717, 1.165) is 19.5 Å². The first-order valence-electron chi connectivity index (χ1n) is 6.37. The predicted octanol–water partition coefficient (Wildman–Crippen LogP) is -0.374. The quantitative estimate of drug-likeness (QED) is 0.752. The molecule has 7 heteroatoms. The Hall–Kier alpha value is -1.63. The molecule has 1 amide bonds. The largest absolute Gasteiger partial charge is 0.477 e. The molecule has 0 radical (unpaired) electrons. The molecule has 0 aromatic heterocycles. The summed E-state index contributed by atoms with van der Waals surface area (Å²) in [5, 5.41) is 12.2. The van der Waals surface area contributed by atoms with Crippen LogP contribution in [-0.4, -0.2) is 72.3 Å². The van der Waals surface area contributed by atoms with Gasteiger partial charge in [0.05, 0.1) is 0 Å². The van der Waals surface area contributed by atoms with Crippen LogP contribution in [0, 0.1) is 5.92 Å². The Morgan fingerprint density at radius 1 is 1.58 bits per heavy atom. The maximum Gasteiger partial charge on any atom is 0.353 e. The number of aliphatic carboxylic acids is 1. The molecule has 19 heavy (non-hydrogen) atoms. The Morgan fingerprint density at radius 2 is 2.32 bits per heavy atom. The SMILES string of the molecule is CN1CCC(CN(C)C(=O)C2CC(C(=O)O)=NO2)C1. The van der Waals surface area contributed by atoms with E-state index in [4.69, 9.17) is 9.94 Å². The lowest BCUT2D eigenvalue weighted by Crippen LogP contribution is -2.40. The van der Waals surface area contributed by atoms with Crippen molar-refractivity contribution < 1.29 is 19.5 Å². The van der Waals surface area contributed by atoms with Crippen LogP contribution >= 0.6 is 0 Å². The highest BCUT2D eigenvalue weighted by Crippen LogP contribution is 2.18. The van der Waals surface area contributed by atoms with E-state index in [0.29, 0.717) is 12.5 Å². The number of nitrogens with zero attached hydrogens (tertiary/aromatic N) is 3. The zero-order valence-corrected chi connectivity index (χ0v) is 11.2. The summed E-state index contributed by atoms with van der Waals surface area (Å²) < 4.78 is 0. The van der Waals surface area contributed by atoms with Crippen LogP contribution in [0.4, 0.5) is 0 Å². The highest BCUT2D eigenvalue weighted by Gasteiger charge is 2.34. The molecule has 2 unspecified atom stereocenters. The highest BCUT2D eigenvalue weighted by atomic mass is 16.6. The monoisotopic (exact) mass is 269 g/mol. The second-order valence-corrected chi connectivity index (χ2v) is 5.28. The summed E-state index contributed by atoms with van der Waals surface area (Å²) in [4.78, 5) is 31.6. The van der Waals surface area contributed by atoms with Gasteiger partial charge in [-0.1, -0.05) is 5.16 Å². The van der Waals surface area contributed by atoms with E-state index >= 15 is 0 Å². The lowest BCUT2D eigenvalue weighted by Gasteiger charge is -2.23. The van der Waals surface area contributed by atoms with Crippen LogP contribution < -0.4 is 0 Å². The van der Waals surface area contributed by atoms with Gasteiger partial charge in [0.15, 0.2) is 5.71 Å². The van der Waals surface area contributed by atoms with Crippen molar-refractivity contribution in [1.82, 2.24) is 9.80 Å². The number of carbonyl (C=O) groups is 2. The Bertz CT molecular complexity index is 410. The molecule has 1 saturated heterocycles. The van der Waals surface area contributed by atoms with Crippen molar-refractivity contribution in [3.05, 3.63) is 0 Å². The minimum absolute atomic E-state index is 0.0447. The van der Waals surface area contributed by atoms with Crippen LogP contribution in [0.15, 0.2) is 5.16 Å². The van der Waals surface area contributed by atoms with Gasteiger partial charge < -0.3 is 19.7 Å². The molecule has 2 atom stereocenters. The van der Waals surface area contributed by atoms with Crippen molar-refractivity contribution in [2.24, 2.45) is 11.1 Å². The van der Waals surface area contributed by atoms with Crippen molar-refractivity contribution in [2.75, 3.05) is 33.7 Å². The molecule has 1 fully saturated rings. The first-order valence-corrected chi connectivity index (χ1v) is 6.37. The Labute approximate surface area is 111 Å². The molecule has 2 rings (SSSR count). The molecule has 2 aliphatic heterocycles. The summed E-state index contributed by atoms with van der Waals surface area (Å²) in [6.07, 6.45) is 0.342. The maximum atomic E-state index is 12.1. The van der Waals surface area contributed by atoms with E-state index in [1.165, 1.54) is 0 Å². The van der Waals surface area contributed by atoms with Crippen LogP contribution in [0.5, 0.6) is 0 Å². The van der Waals surface area contributed by atoms with E-state index in [2.05, 4.69) is 17.1 Å². The summed E-state index contributed by atoms with van der Waals surface area (Å²) in [7, 11) is 3.79. The van der Waals surface area contributed by atoms with Gasteiger partial charge in [-0.3, -0.25) is 4.79 Å². The van der Waals surface area contributed by atoms with Gasteiger partial charge in [0, 0.05) is 26.6 Å². The van der Waals surface area contributed by atoms with Crippen LogP contribution in [0.2, 0.25) is 0 Å². The average molecular weight is 269 g/mol. The molecule has 7 nitrogen and oxygen atoms in total. The van der Waals surface area contributed by atoms with E-state index in [1.807, 2.05) is 0 Å². The van der Waals surface area contributed by atoms with Crippen molar-refractivity contribution in [3.63, 3.8) is 0 Å². The van der Waals surface area contributed by atoms with Crippen LogP contribution in [0.1, 0.15) is 12.8 Å². The second kappa shape index (κ2) is 5.56. The van der Waals surface area contributed by atoms with E-state index in [1.54, 1.807) is 11.9 Å². The Morgan fingerprint density at radius 3 is 2.84 bits per heavy atom. The van der Waals surface area contributed by atoms with Gasteiger partial charge in [-0.2, -0.15) is 0 Å². The van der Waals surface area contributed by atoms with Gasteiger partial charge in [-0.25, -0.2) is 4.79 Å². The molecule has 0 spiro atoms. The standard InChI is InChI=1S/C12H19N3O4/c1-14-4-3-8(6-14)7-15(2)11(16)10-5-9(12(17)18)13-19-10/h8,10H,3-7H2,1-2H3,(H,17,18). The number of hydrogen-bond donors (Lipinski definition) is 1. The first kappa shape index (κ1) is 13.8. The molecule has 0 aliphatic carbocycles. The predicted molar refractivity (Wildman–Crippen MR) is 67.8 cm³/mol. The number of rotatable bonds is 4. The molecular weight excluding hydrogens is 250 g/mol. The van der Waals surface area contributed by atoms with Crippen molar-refractivity contribution in [1.29, 1.82) is 0 Å². The zero-order valence-electron chi connectivity index (χ0n) is 11.2. The number of carboxylic acids is 1. The number of carbonyl (C=O) groups excluding carboxylic acids is 1. The molecule has 106 valence electrons. The lowest BCUT2D eigenvalue weighted by atomic mass is 10.1. The topological polar surface area (TPSA) is 82.4 Å². The van der Waals surface area contributed by atoms with Crippen LogP contribution in [0.3, 0.4) is 0 Å². The molecule has 0 saturated carbocycles. The average Bonchev–Trinajstić information content (AvgIpc) is 2.97. The third-order valence-corrected chi connectivity index (χ3v) is 3.59. The number of amides is 1. The normalized spacial score (nSPS) is 26.9. The van der Waals surface area contributed by atoms with E-state index < -0.39 is 12.1 Å². The number of oxime groups is 1. The fourth-order valence-corrected chi connectivity index (χ4v) is 2.53. The minimum atomic E-state index is -1.13.